The molecule has 0 saturated heterocycles. The molecule has 1 N–H and O–H groups in total. The Labute approximate surface area is 225 Å². The summed E-state index contributed by atoms with van der Waals surface area (Å²) in [5.41, 5.74) is 3.05. The van der Waals surface area contributed by atoms with E-state index in [9.17, 15) is 14.7 Å². The van der Waals surface area contributed by atoms with Gasteiger partial charge >= 0.3 is 5.97 Å². The fraction of sp³-hybridized carbons (Fsp3) is 0.367. The minimum absolute atomic E-state index is 0.156. The van der Waals surface area contributed by atoms with Crippen LogP contribution in [0.15, 0.2) is 41.5 Å². The predicted molar refractivity (Wildman–Crippen MR) is 147 cm³/mol. The smallest absolute Gasteiger partial charge is 0.339 e. The number of fused-ring (bicyclic) bond motifs is 2. The number of aryl methyl sites for hydroxylation is 1. The average Bonchev–Trinajstić information content (AvgIpc) is 3.32. The molecule has 0 aliphatic carbocycles. The molecular formula is C30H32FN3O5. The molecule has 5 rings (SSSR count). The van der Waals surface area contributed by atoms with Crippen LogP contribution in [0, 0.1) is 12.7 Å². The second-order valence-corrected chi connectivity index (χ2v) is 11.0. The minimum Gasteiger partial charge on any atom is -0.490 e. The third-order valence-electron chi connectivity index (χ3n) is 7.13. The Morgan fingerprint density at radius 2 is 1.92 bits per heavy atom. The molecule has 4 aromatic rings. The van der Waals surface area contributed by atoms with Gasteiger partial charge in [0.2, 0.25) is 0 Å². The third-order valence-corrected chi connectivity index (χ3v) is 7.13. The number of rotatable bonds is 5. The van der Waals surface area contributed by atoms with E-state index in [0.29, 0.717) is 34.9 Å². The Bertz CT molecular complexity index is 1680. The number of hydrogen-bond donors (Lipinski definition) is 1. The predicted octanol–water partition coefficient (Wildman–Crippen LogP) is 5.32. The lowest BCUT2D eigenvalue weighted by molar-refractivity contribution is -0.161. The van der Waals surface area contributed by atoms with Crippen LogP contribution in [0.1, 0.15) is 50.1 Å². The summed E-state index contributed by atoms with van der Waals surface area (Å²) in [5.74, 6) is -1.53. The summed E-state index contributed by atoms with van der Waals surface area (Å²) in [4.78, 5) is 26.4. The number of carboxylic acids is 1. The maximum absolute atomic E-state index is 15.5. The Kier molecular flexibility index (Phi) is 6.58. The van der Waals surface area contributed by atoms with Crippen LogP contribution in [0.5, 0.6) is 5.75 Å². The summed E-state index contributed by atoms with van der Waals surface area (Å²) in [6.45, 7) is 7.58. The number of nitrogens with zero attached hydrogens (tertiary/aromatic N) is 3. The number of carboxylic acid groups (broad SMARTS) is 1. The van der Waals surface area contributed by atoms with Crippen molar-refractivity contribution in [2.24, 2.45) is 14.1 Å². The molecule has 0 fully saturated rings. The van der Waals surface area contributed by atoms with Crippen LogP contribution in [-0.2, 0) is 30.0 Å². The van der Waals surface area contributed by atoms with Crippen molar-refractivity contribution in [3.8, 4) is 28.0 Å². The first-order chi connectivity index (χ1) is 18.4. The standard InChI is InChI=1S/C30H32FN3O5/c1-16-19-8-7-11-38-26(19)23(31)13-21(16)24-20-10-9-17(18-14-32-33(5)15-18)12-22(20)28(35)34(6)25(24)27(29(36)37)39-30(2,3)4/h9-10,12-15,27H,7-8,11H2,1-6H3,(H,36,37). The normalized spacial score (nSPS) is 14.2. The van der Waals surface area contributed by atoms with Crippen molar-refractivity contribution >= 4 is 16.7 Å². The van der Waals surface area contributed by atoms with E-state index in [1.165, 1.54) is 17.7 Å². The summed E-state index contributed by atoms with van der Waals surface area (Å²) in [6.07, 6.45) is 3.46. The fourth-order valence-corrected chi connectivity index (χ4v) is 5.37. The zero-order chi connectivity index (χ0) is 28.2. The van der Waals surface area contributed by atoms with Gasteiger partial charge in [-0.1, -0.05) is 12.1 Å². The first kappa shape index (κ1) is 26.6. The summed E-state index contributed by atoms with van der Waals surface area (Å²) in [6, 6.07) is 6.81. The van der Waals surface area contributed by atoms with E-state index in [1.807, 2.05) is 26.2 Å². The highest BCUT2D eigenvalue weighted by Gasteiger charge is 2.34. The SMILES string of the molecule is Cc1c(-c2c(C(OC(C)(C)C)C(=O)O)n(C)c(=O)c3cc(-c4cnn(C)c4)ccc23)cc(F)c2c1CCCO2. The van der Waals surface area contributed by atoms with Crippen LogP contribution in [0.2, 0.25) is 0 Å². The maximum atomic E-state index is 15.5. The van der Waals surface area contributed by atoms with Crippen molar-refractivity contribution < 1.29 is 23.8 Å². The molecule has 1 unspecified atom stereocenters. The number of aromatic nitrogens is 3. The van der Waals surface area contributed by atoms with Crippen molar-refractivity contribution in [2.45, 2.75) is 52.2 Å². The average molecular weight is 534 g/mol. The van der Waals surface area contributed by atoms with Gasteiger partial charge in [-0.2, -0.15) is 5.10 Å². The Morgan fingerprint density at radius 1 is 1.18 bits per heavy atom. The topological polar surface area (TPSA) is 95.6 Å². The van der Waals surface area contributed by atoms with Crippen LogP contribution >= 0.6 is 0 Å². The highest BCUT2D eigenvalue weighted by atomic mass is 19.1. The van der Waals surface area contributed by atoms with Gasteiger partial charge in [0.05, 0.1) is 24.1 Å². The maximum Gasteiger partial charge on any atom is 0.339 e. The molecule has 1 atom stereocenters. The highest BCUT2D eigenvalue weighted by molar-refractivity contribution is 6.01. The molecule has 2 aromatic heterocycles. The zero-order valence-electron chi connectivity index (χ0n) is 23.0. The largest absolute Gasteiger partial charge is 0.490 e. The second-order valence-electron chi connectivity index (χ2n) is 11.0. The van der Waals surface area contributed by atoms with Crippen molar-refractivity contribution in [1.82, 2.24) is 14.3 Å². The molecule has 0 radical (unpaired) electrons. The first-order valence-electron chi connectivity index (χ1n) is 12.9. The summed E-state index contributed by atoms with van der Waals surface area (Å²) >= 11 is 0. The molecule has 39 heavy (non-hydrogen) atoms. The van der Waals surface area contributed by atoms with Gasteiger partial charge in [0.15, 0.2) is 17.7 Å². The molecule has 9 heteroatoms. The third kappa shape index (κ3) is 4.71. The quantitative estimate of drug-likeness (QED) is 0.373. The van der Waals surface area contributed by atoms with Gasteiger partial charge in [0, 0.05) is 42.4 Å². The van der Waals surface area contributed by atoms with Gasteiger partial charge in [-0.15, -0.1) is 0 Å². The number of pyridine rings is 1. The van der Waals surface area contributed by atoms with Gasteiger partial charge in [0.25, 0.3) is 5.56 Å². The van der Waals surface area contributed by atoms with E-state index in [2.05, 4.69) is 5.10 Å². The molecule has 1 aliphatic heterocycles. The van der Waals surface area contributed by atoms with Gasteiger partial charge < -0.3 is 19.1 Å². The van der Waals surface area contributed by atoms with Gasteiger partial charge in [-0.25, -0.2) is 9.18 Å². The minimum atomic E-state index is -1.48. The number of hydrogen-bond acceptors (Lipinski definition) is 5. The Hall–Kier alpha value is -3.98. The van der Waals surface area contributed by atoms with Gasteiger partial charge in [-0.05, 0) is 74.7 Å². The molecule has 0 spiro atoms. The number of carbonyl (C=O) groups is 1. The van der Waals surface area contributed by atoms with Crippen molar-refractivity contribution in [3.63, 3.8) is 0 Å². The fourth-order valence-electron chi connectivity index (χ4n) is 5.37. The lowest BCUT2D eigenvalue weighted by atomic mass is 9.87. The van der Waals surface area contributed by atoms with E-state index < -0.39 is 23.5 Å². The molecule has 0 saturated carbocycles. The zero-order valence-corrected chi connectivity index (χ0v) is 23.0. The summed E-state index contributed by atoms with van der Waals surface area (Å²) in [5, 5.41) is 15.4. The molecule has 8 nitrogen and oxygen atoms in total. The number of benzene rings is 2. The number of halogens is 1. The van der Waals surface area contributed by atoms with Gasteiger partial charge in [-0.3, -0.25) is 9.48 Å². The van der Waals surface area contributed by atoms with E-state index in [4.69, 9.17) is 9.47 Å². The lowest BCUT2D eigenvalue weighted by Gasteiger charge is -2.29. The van der Waals surface area contributed by atoms with Crippen LogP contribution in [0.3, 0.4) is 0 Å². The van der Waals surface area contributed by atoms with Crippen LogP contribution in [0.4, 0.5) is 4.39 Å². The molecule has 1 aliphatic rings. The monoisotopic (exact) mass is 533 g/mol. The van der Waals surface area contributed by atoms with Gasteiger partial charge in [0.1, 0.15) is 0 Å². The van der Waals surface area contributed by atoms with Crippen LogP contribution in [-0.4, -0.2) is 37.6 Å². The van der Waals surface area contributed by atoms with E-state index in [0.717, 1.165) is 28.7 Å². The van der Waals surface area contributed by atoms with Crippen LogP contribution < -0.4 is 10.3 Å². The highest BCUT2D eigenvalue weighted by Crippen LogP contribution is 2.43. The summed E-state index contributed by atoms with van der Waals surface area (Å²) in [7, 11) is 3.35. The van der Waals surface area contributed by atoms with E-state index in [-0.39, 0.29) is 17.0 Å². The molecule has 3 heterocycles. The van der Waals surface area contributed by atoms with Crippen molar-refractivity contribution in [3.05, 3.63) is 69.7 Å². The van der Waals surface area contributed by atoms with Crippen molar-refractivity contribution in [1.29, 1.82) is 0 Å². The van der Waals surface area contributed by atoms with Crippen molar-refractivity contribution in [2.75, 3.05) is 6.61 Å². The molecule has 2 aromatic carbocycles. The lowest BCUT2D eigenvalue weighted by Crippen LogP contribution is -2.33. The van der Waals surface area contributed by atoms with Crippen LogP contribution in [0.25, 0.3) is 33.0 Å². The Balaban J connectivity index is 1.90. The molecule has 204 valence electrons. The molecule has 0 bridgehead atoms. The van der Waals surface area contributed by atoms with E-state index in [1.54, 1.807) is 43.8 Å². The van der Waals surface area contributed by atoms with E-state index >= 15 is 4.39 Å². The second kappa shape index (κ2) is 9.64. The summed E-state index contributed by atoms with van der Waals surface area (Å²) < 4.78 is 30.1. The molecular weight excluding hydrogens is 501 g/mol. The number of aliphatic carboxylic acids is 1. The molecule has 0 amide bonds. The first-order valence-corrected chi connectivity index (χ1v) is 12.9. The Morgan fingerprint density at radius 3 is 2.56 bits per heavy atom. The number of ether oxygens (including phenoxy) is 2.